The number of hydrogen-bond acceptors (Lipinski definition) is 3. The van der Waals surface area contributed by atoms with Gasteiger partial charge in [0.1, 0.15) is 5.69 Å². The first-order chi connectivity index (χ1) is 12.1. The summed E-state index contributed by atoms with van der Waals surface area (Å²) in [6, 6.07) is 19.0. The van der Waals surface area contributed by atoms with Crippen molar-refractivity contribution < 1.29 is 9.90 Å². The van der Waals surface area contributed by atoms with Crippen LogP contribution in [-0.4, -0.2) is 21.0 Å². The molecule has 0 fully saturated rings. The van der Waals surface area contributed by atoms with E-state index in [1.807, 2.05) is 48.5 Å². The lowest BCUT2D eigenvalue weighted by Crippen LogP contribution is -2.03. The van der Waals surface area contributed by atoms with Crippen LogP contribution in [0, 0.1) is 6.42 Å². The molecule has 0 bridgehead atoms. The largest absolute Gasteiger partial charge is 0.477 e. The van der Waals surface area contributed by atoms with Crippen molar-refractivity contribution in [2.24, 2.45) is 0 Å². The summed E-state index contributed by atoms with van der Waals surface area (Å²) in [4.78, 5) is 19.8. The van der Waals surface area contributed by atoms with Crippen LogP contribution in [0.25, 0.3) is 11.3 Å². The van der Waals surface area contributed by atoms with E-state index >= 15 is 0 Å². The molecule has 4 nitrogen and oxygen atoms in total. The molecule has 5 heteroatoms. The highest BCUT2D eigenvalue weighted by Gasteiger charge is 2.06. The summed E-state index contributed by atoms with van der Waals surface area (Å²) in [6.45, 7) is 0. The number of hydrogen-bond donors (Lipinski definition) is 1. The summed E-state index contributed by atoms with van der Waals surface area (Å²) in [7, 11) is 0. The van der Waals surface area contributed by atoms with Crippen molar-refractivity contribution >= 4 is 21.9 Å². The van der Waals surface area contributed by atoms with Crippen LogP contribution in [-0.2, 0) is 12.8 Å². The van der Waals surface area contributed by atoms with Gasteiger partial charge in [0, 0.05) is 21.4 Å². The van der Waals surface area contributed by atoms with Crippen molar-refractivity contribution in [3.05, 3.63) is 88.6 Å². The fourth-order valence-corrected chi connectivity index (χ4v) is 2.88. The van der Waals surface area contributed by atoms with E-state index in [2.05, 4.69) is 27.3 Å². The number of pyridine rings is 2. The highest BCUT2D eigenvalue weighted by molar-refractivity contribution is 9.10. The van der Waals surface area contributed by atoms with Crippen molar-refractivity contribution in [2.75, 3.05) is 0 Å². The van der Waals surface area contributed by atoms with Crippen LogP contribution in [0.15, 0.2) is 65.1 Å². The van der Waals surface area contributed by atoms with Gasteiger partial charge in [-0.3, -0.25) is 4.98 Å². The summed E-state index contributed by atoms with van der Waals surface area (Å²) in [6.07, 6.45) is 3.35. The molecule has 25 heavy (non-hydrogen) atoms. The molecular formula is C20H16BrN2O2. The molecule has 2 aromatic heterocycles. The van der Waals surface area contributed by atoms with Crippen LogP contribution in [0.4, 0.5) is 0 Å². The molecule has 0 spiro atoms. The van der Waals surface area contributed by atoms with Crippen molar-refractivity contribution in [1.29, 1.82) is 0 Å². The molecule has 3 rings (SSSR count). The maximum absolute atomic E-state index is 11.0. The first-order valence-electron chi connectivity index (χ1n) is 7.84. The Labute approximate surface area is 154 Å². The van der Waals surface area contributed by atoms with Gasteiger partial charge in [-0.15, -0.1) is 0 Å². The van der Waals surface area contributed by atoms with Gasteiger partial charge in [-0.05, 0) is 55.7 Å². The Morgan fingerprint density at radius 3 is 2.36 bits per heavy atom. The Bertz CT molecular complexity index is 896. The Kier molecular flexibility index (Phi) is 5.56. The zero-order valence-corrected chi connectivity index (χ0v) is 15.0. The number of halogens is 1. The van der Waals surface area contributed by atoms with E-state index in [9.17, 15) is 4.79 Å². The Balaban J connectivity index is 1.65. The quantitative estimate of drug-likeness (QED) is 0.662. The number of nitrogens with zero attached hydrogens (tertiary/aromatic N) is 2. The predicted octanol–water partition coefficient (Wildman–Crippen LogP) is 4.59. The molecular weight excluding hydrogens is 380 g/mol. The minimum absolute atomic E-state index is 0.0701. The number of benzene rings is 1. The van der Waals surface area contributed by atoms with Gasteiger partial charge < -0.3 is 5.11 Å². The van der Waals surface area contributed by atoms with E-state index in [-0.39, 0.29) is 5.69 Å². The smallest absolute Gasteiger partial charge is 0.354 e. The highest BCUT2D eigenvalue weighted by Crippen LogP contribution is 2.21. The number of carboxylic acid groups (broad SMARTS) is 1. The molecule has 0 saturated heterocycles. The fraction of sp³-hybridized carbons (Fsp3) is 0.100. The van der Waals surface area contributed by atoms with Crippen LogP contribution in [0.3, 0.4) is 0 Å². The number of aromatic carboxylic acids is 1. The maximum Gasteiger partial charge on any atom is 0.354 e. The van der Waals surface area contributed by atoms with E-state index in [4.69, 9.17) is 10.1 Å². The lowest BCUT2D eigenvalue weighted by molar-refractivity contribution is 0.0690. The first-order valence-corrected chi connectivity index (χ1v) is 8.64. The average molecular weight is 396 g/mol. The Morgan fingerprint density at radius 2 is 1.64 bits per heavy atom. The second kappa shape index (κ2) is 8.03. The molecule has 0 amide bonds. The minimum Gasteiger partial charge on any atom is -0.477 e. The van der Waals surface area contributed by atoms with Gasteiger partial charge >= 0.3 is 5.97 Å². The molecule has 0 aliphatic heterocycles. The molecule has 0 aliphatic carbocycles. The van der Waals surface area contributed by atoms with Crippen LogP contribution < -0.4 is 0 Å². The fourth-order valence-electron chi connectivity index (χ4n) is 2.48. The Morgan fingerprint density at radius 1 is 0.960 bits per heavy atom. The van der Waals surface area contributed by atoms with Gasteiger partial charge in [0.05, 0.1) is 5.69 Å². The van der Waals surface area contributed by atoms with E-state index < -0.39 is 5.97 Å². The van der Waals surface area contributed by atoms with Gasteiger partial charge in [0.15, 0.2) is 0 Å². The summed E-state index contributed by atoms with van der Waals surface area (Å²) in [5, 5.41) is 8.98. The standard InChI is InChI=1S/C20H16BrN2O2/c21-15-6-1-5-14(13-15)18-11-3-9-16(22-18)7-2-8-17-10-4-12-19(23-17)20(24)25/h1-6,9-13H,7-8H2,(H,24,25). The topological polar surface area (TPSA) is 63.1 Å². The Hall–Kier alpha value is -2.53. The van der Waals surface area contributed by atoms with E-state index in [0.29, 0.717) is 12.8 Å². The van der Waals surface area contributed by atoms with Crippen LogP contribution in [0.1, 0.15) is 21.9 Å². The first kappa shape index (κ1) is 17.3. The minimum atomic E-state index is -1.01. The summed E-state index contributed by atoms with van der Waals surface area (Å²) >= 11 is 3.48. The third kappa shape index (κ3) is 4.73. The SMILES string of the molecule is O=C(O)c1cccc(C[CH]Cc2cccc(-c3cccc(Br)c3)n2)n1. The van der Waals surface area contributed by atoms with Crippen LogP contribution in [0.2, 0.25) is 0 Å². The molecule has 0 aliphatic rings. The van der Waals surface area contributed by atoms with Gasteiger partial charge in [-0.1, -0.05) is 40.2 Å². The molecule has 0 atom stereocenters. The second-order valence-corrected chi connectivity index (χ2v) is 6.46. The van der Waals surface area contributed by atoms with Gasteiger partial charge in [-0.2, -0.15) is 0 Å². The van der Waals surface area contributed by atoms with Crippen molar-refractivity contribution in [3.63, 3.8) is 0 Å². The molecule has 1 aromatic carbocycles. The van der Waals surface area contributed by atoms with Crippen LogP contribution in [0.5, 0.6) is 0 Å². The van der Waals surface area contributed by atoms with Gasteiger partial charge in [0.25, 0.3) is 0 Å². The molecule has 3 aromatic rings. The summed E-state index contributed by atoms with van der Waals surface area (Å²) in [5.74, 6) is -1.01. The third-order valence-corrected chi connectivity index (χ3v) is 4.15. The number of carboxylic acids is 1. The maximum atomic E-state index is 11.0. The molecule has 1 radical (unpaired) electrons. The molecule has 2 heterocycles. The number of aromatic nitrogens is 2. The number of rotatable bonds is 6. The summed E-state index contributed by atoms with van der Waals surface area (Å²) in [5.41, 5.74) is 3.76. The highest BCUT2D eigenvalue weighted by atomic mass is 79.9. The van der Waals surface area contributed by atoms with E-state index in [0.717, 1.165) is 27.1 Å². The molecule has 0 saturated carbocycles. The van der Waals surface area contributed by atoms with Crippen LogP contribution >= 0.6 is 15.9 Å². The van der Waals surface area contributed by atoms with Gasteiger partial charge in [0.2, 0.25) is 0 Å². The van der Waals surface area contributed by atoms with Crippen molar-refractivity contribution in [3.8, 4) is 11.3 Å². The lowest BCUT2D eigenvalue weighted by Gasteiger charge is -2.06. The third-order valence-electron chi connectivity index (χ3n) is 3.66. The molecule has 1 N–H and O–H groups in total. The van der Waals surface area contributed by atoms with E-state index in [1.165, 1.54) is 6.07 Å². The summed E-state index contributed by atoms with van der Waals surface area (Å²) < 4.78 is 1.02. The average Bonchev–Trinajstić information content (AvgIpc) is 2.62. The van der Waals surface area contributed by atoms with Crippen molar-refractivity contribution in [2.45, 2.75) is 12.8 Å². The number of carbonyl (C=O) groups is 1. The predicted molar refractivity (Wildman–Crippen MR) is 100 cm³/mol. The lowest BCUT2D eigenvalue weighted by atomic mass is 10.1. The monoisotopic (exact) mass is 395 g/mol. The van der Waals surface area contributed by atoms with Gasteiger partial charge in [-0.25, -0.2) is 9.78 Å². The second-order valence-electron chi connectivity index (χ2n) is 5.54. The molecule has 125 valence electrons. The molecule has 0 unspecified atom stereocenters. The normalized spacial score (nSPS) is 10.6. The zero-order chi connectivity index (χ0) is 17.6. The zero-order valence-electron chi connectivity index (χ0n) is 13.4. The van der Waals surface area contributed by atoms with E-state index in [1.54, 1.807) is 6.07 Å². The van der Waals surface area contributed by atoms with Crippen molar-refractivity contribution in [1.82, 2.24) is 9.97 Å².